The van der Waals surface area contributed by atoms with E-state index in [1.807, 2.05) is 0 Å². The van der Waals surface area contributed by atoms with Crippen molar-refractivity contribution in [3.63, 3.8) is 0 Å². The normalized spacial score (nSPS) is 10.2. The lowest BCUT2D eigenvalue weighted by Crippen LogP contribution is -1.94. The Hall–Kier alpha value is -2.17. The standard InChI is InChI=1S/C10H8N2O3/c1-7-10(12(13)14)4-9(5-11-7)8-2-3-15-6-8/h2-6H,1H3. The Balaban J connectivity index is 2.52. The van der Waals surface area contributed by atoms with Crippen LogP contribution in [0.1, 0.15) is 5.69 Å². The lowest BCUT2D eigenvalue weighted by Gasteiger charge is -1.99. The first kappa shape index (κ1) is 9.39. The van der Waals surface area contributed by atoms with Crippen molar-refractivity contribution in [2.24, 2.45) is 0 Å². The van der Waals surface area contributed by atoms with Crippen LogP contribution in [0, 0.1) is 17.0 Å². The molecule has 76 valence electrons. The highest BCUT2D eigenvalue weighted by molar-refractivity contribution is 5.64. The minimum Gasteiger partial charge on any atom is -0.472 e. The van der Waals surface area contributed by atoms with Gasteiger partial charge < -0.3 is 4.42 Å². The average molecular weight is 204 g/mol. The second kappa shape index (κ2) is 3.53. The zero-order valence-electron chi connectivity index (χ0n) is 8.01. The van der Waals surface area contributed by atoms with Crippen LogP contribution in [0.25, 0.3) is 11.1 Å². The Kier molecular flexibility index (Phi) is 2.21. The number of rotatable bonds is 2. The van der Waals surface area contributed by atoms with Crippen molar-refractivity contribution in [3.8, 4) is 11.1 Å². The van der Waals surface area contributed by atoms with Gasteiger partial charge in [0.05, 0.1) is 17.4 Å². The van der Waals surface area contributed by atoms with Gasteiger partial charge in [0.1, 0.15) is 5.69 Å². The zero-order valence-corrected chi connectivity index (χ0v) is 8.01. The van der Waals surface area contributed by atoms with E-state index >= 15 is 0 Å². The van der Waals surface area contributed by atoms with Crippen LogP contribution in [-0.4, -0.2) is 9.91 Å². The number of pyridine rings is 1. The zero-order chi connectivity index (χ0) is 10.8. The molecule has 0 aliphatic rings. The lowest BCUT2D eigenvalue weighted by molar-refractivity contribution is -0.385. The molecule has 0 unspecified atom stereocenters. The predicted molar refractivity (Wildman–Crippen MR) is 53.3 cm³/mol. The van der Waals surface area contributed by atoms with E-state index in [2.05, 4.69) is 4.98 Å². The molecule has 5 heteroatoms. The summed E-state index contributed by atoms with van der Waals surface area (Å²) in [6.45, 7) is 1.61. The van der Waals surface area contributed by atoms with E-state index < -0.39 is 4.92 Å². The Morgan fingerprint density at radius 2 is 2.27 bits per heavy atom. The summed E-state index contributed by atoms with van der Waals surface area (Å²) in [5, 5.41) is 10.7. The molecular formula is C10H8N2O3. The van der Waals surface area contributed by atoms with E-state index in [9.17, 15) is 10.1 Å². The third kappa shape index (κ3) is 1.71. The molecule has 0 aromatic carbocycles. The maximum atomic E-state index is 10.7. The van der Waals surface area contributed by atoms with Gasteiger partial charge in [0.2, 0.25) is 0 Å². The lowest BCUT2D eigenvalue weighted by atomic mass is 10.1. The average Bonchev–Trinajstić information content (AvgIpc) is 2.71. The molecule has 0 saturated heterocycles. The van der Waals surface area contributed by atoms with Crippen molar-refractivity contribution in [2.75, 3.05) is 0 Å². The Morgan fingerprint density at radius 1 is 1.47 bits per heavy atom. The molecule has 15 heavy (non-hydrogen) atoms. The van der Waals surface area contributed by atoms with Crippen molar-refractivity contribution in [3.05, 3.63) is 46.7 Å². The second-order valence-corrected chi connectivity index (χ2v) is 3.10. The quantitative estimate of drug-likeness (QED) is 0.556. The van der Waals surface area contributed by atoms with E-state index in [4.69, 9.17) is 4.42 Å². The number of hydrogen-bond acceptors (Lipinski definition) is 4. The monoisotopic (exact) mass is 204 g/mol. The molecule has 2 heterocycles. The van der Waals surface area contributed by atoms with Crippen LogP contribution in [0.15, 0.2) is 35.3 Å². The van der Waals surface area contributed by atoms with Crippen LogP contribution in [0.2, 0.25) is 0 Å². The van der Waals surface area contributed by atoms with Gasteiger partial charge in [0.25, 0.3) is 5.69 Å². The molecular weight excluding hydrogens is 196 g/mol. The van der Waals surface area contributed by atoms with E-state index in [-0.39, 0.29) is 5.69 Å². The van der Waals surface area contributed by atoms with E-state index in [1.165, 1.54) is 18.6 Å². The molecule has 0 radical (unpaired) electrons. The molecule has 2 rings (SSSR count). The summed E-state index contributed by atoms with van der Waals surface area (Å²) in [6.07, 6.45) is 4.63. The summed E-state index contributed by atoms with van der Waals surface area (Å²) in [5.41, 5.74) is 1.90. The number of aromatic nitrogens is 1. The predicted octanol–water partition coefficient (Wildman–Crippen LogP) is 2.56. The van der Waals surface area contributed by atoms with Crippen molar-refractivity contribution >= 4 is 5.69 Å². The van der Waals surface area contributed by atoms with E-state index in [0.717, 1.165) is 5.56 Å². The van der Waals surface area contributed by atoms with Crippen molar-refractivity contribution in [1.82, 2.24) is 4.98 Å². The molecule has 2 aromatic heterocycles. The first-order valence-electron chi connectivity index (χ1n) is 4.32. The summed E-state index contributed by atoms with van der Waals surface area (Å²) in [4.78, 5) is 14.2. The molecule has 0 aliphatic carbocycles. The largest absolute Gasteiger partial charge is 0.472 e. The molecule has 0 atom stereocenters. The van der Waals surface area contributed by atoms with Gasteiger partial charge >= 0.3 is 0 Å². The molecule has 5 nitrogen and oxygen atoms in total. The summed E-state index contributed by atoms with van der Waals surface area (Å²) < 4.78 is 4.90. The molecule has 0 fully saturated rings. The third-order valence-electron chi connectivity index (χ3n) is 2.11. The van der Waals surface area contributed by atoms with Gasteiger partial charge in [-0.2, -0.15) is 0 Å². The van der Waals surface area contributed by atoms with Gasteiger partial charge in [-0.1, -0.05) is 0 Å². The molecule has 2 aromatic rings. The van der Waals surface area contributed by atoms with Crippen LogP contribution >= 0.6 is 0 Å². The van der Waals surface area contributed by atoms with Crippen LogP contribution in [-0.2, 0) is 0 Å². The van der Waals surface area contributed by atoms with Crippen LogP contribution < -0.4 is 0 Å². The highest BCUT2D eigenvalue weighted by atomic mass is 16.6. The number of nitrogens with zero attached hydrogens (tertiary/aromatic N) is 2. The van der Waals surface area contributed by atoms with Crippen LogP contribution in [0.4, 0.5) is 5.69 Å². The number of hydrogen-bond donors (Lipinski definition) is 0. The fourth-order valence-electron chi connectivity index (χ4n) is 1.29. The number of nitro groups is 1. The highest BCUT2D eigenvalue weighted by Gasteiger charge is 2.13. The van der Waals surface area contributed by atoms with Gasteiger partial charge in [0.15, 0.2) is 0 Å². The third-order valence-corrected chi connectivity index (χ3v) is 2.11. The topological polar surface area (TPSA) is 69.2 Å². The molecule has 0 saturated carbocycles. The van der Waals surface area contributed by atoms with Crippen molar-refractivity contribution < 1.29 is 9.34 Å². The Labute approximate surface area is 85.5 Å². The maximum Gasteiger partial charge on any atom is 0.291 e. The summed E-state index contributed by atoms with van der Waals surface area (Å²) in [6, 6.07) is 3.23. The van der Waals surface area contributed by atoms with Gasteiger partial charge in [0, 0.05) is 23.4 Å². The van der Waals surface area contributed by atoms with Crippen LogP contribution in [0.5, 0.6) is 0 Å². The minimum atomic E-state index is -0.439. The fourth-order valence-corrected chi connectivity index (χ4v) is 1.29. The summed E-state index contributed by atoms with van der Waals surface area (Å²) in [5.74, 6) is 0. The highest BCUT2D eigenvalue weighted by Crippen LogP contribution is 2.24. The minimum absolute atomic E-state index is 0.0219. The summed E-state index contributed by atoms with van der Waals surface area (Å²) in [7, 11) is 0. The molecule has 0 amide bonds. The van der Waals surface area contributed by atoms with Crippen molar-refractivity contribution in [1.29, 1.82) is 0 Å². The summed E-state index contributed by atoms with van der Waals surface area (Å²) >= 11 is 0. The number of furan rings is 1. The Bertz CT molecular complexity index is 491. The SMILES string of the molecule is Cc1ncc(-c2ccoc2)cc1[N+](=O)[O-]. The fraction of sp³-hybridized carbons (Fsp3) is 0.100. The first-order chi connectivity index (χ1) is 7.18. The smallest absolute Gasteiger partial charge is 0.291 e. The van der Waals surface area contributed by atoms with E-state index in [0.29, 0.717) is 11.3 Å². The number of aryl methyl sites for hydroxylation is 1. The molecule has 0 aliphatic heterocycles. The molecule has 0 spiro atoms. The van der Waals surface area contributed by atoms with Gasteiger partial charge in [-0.05, 0) is 13.0 Å². The van der Waals surface area contributed by atoms with E-state index in [1.54, 1.807) is 19.2 Å². The van der Waals surface area contributed by atoms with Crippen LogP contribution in [0.3, 0.4) is 0 Å². The molecule has 0 bridgehead atoms. The Morgan fingerprint density at radius 3 is 2.87 bits per heavy atom. The van der Waals surface area contributed by atoms with Gasteiger partial charge in [-0.3, -0.25) is 15.1 Å². The molecule has 0 N–H and O–H groups in total. The van der Waals surface area contributed by atoms with Gasteiger partial charge in [-0.25, -0.2) is 0 Å². The second-order valence-electron chi connectivity index (χ2n) is 3.10. The first-order valence-corrected chi connectivity index (χ1v) is 4.32. The maximum absolute atomic E-state index is 10.7. The van der Waals surface area contributed by atoms with Gasteiger partial charge in [-0.15, -0.1) is 0 Å². The van der Waals surface area contributed by atoms with Crippen molar-refractivity contribution in [2.45, 2.75) is 6.92 Å².